The molecule has 0 aliphatic carbocycles. The first-order chi connectivity index (χ1) is 21.8. The number of esters is 2. The van der Waals surface area contributed by atoms with Gasteiger partial charge in [-0.3, -0.25) is 14.1 Å². The van der Waals surface area contributed by atoms with Crippen LogP contribution in [0, 0.1) is 0 Å². The van der Waals surface area contributed by atoms with Crippen LogP contribution in [0.1, 0.15) is 187 Å². The van der Waals surface area contributed by atoms with Crippen molar-refractivity contribution in [1.82, 2.24) is 0 Å². The average Bonchev–Trinajstić information content (AvgIpc) is 3.00. The van der Waals surface area contributed by atoms with E-state index in [1.807, 2.05) is 0 Å². The molecule has 0 amide bonds. The highest BCUT2D eigenvalue weighted by molar-refractivity contribution is 7.46. The summed E-state index contributed by atoms with van der Waals surface area (Å²) in [6, 6.07) is 0. The molecule has 0 aromatic carbocycles. The Bertz CT molecular complexity index is 751. The first-order valence-electron chi connectivity index (χ1n) is 18.5. The number of phosphoric acid groups is 1. The molecule has 0 heterocycles. The normalized spacial score (nSPS) is 12.5. The molecule has 0 radical (unpaired) electrons. The van der Waals surface area contributed by atoms with E-state index in [9.17, 15) is 14.2 Å². The Hall–Kier alpha value is -1.21. The third-order valence-electron chi connectivity index (χ3n) is 8.03. The Balaban J connectivity index is 3.94. The summed E-state index contributed by atoms with van der Waals surface area (Å²) in [5.74, 6) is -0.889. The Kier molecular flexibility index (Phi) is 31.8. The van der Waals surface area contributed by atoms with Crippen molar-refractivity contribution in [3.63, 3.8) is 0 Å². The van der Waals surface area contributed by atoms with Crippen LogP contribution in [0.5, 0.6) is 0 Å². The van der Waals surface area contributed by atoms with Gasteiger partial charge in [0.15, 0.2) is 6.10 Å². The van der Waals surface area contributed by atoms with E-state index >= 15 is 0 Å². The molecule has 0 aromatic heterocycles. The Morgan fingerprint density at radius 1 is 0.556 bits per heavy atom. The molecule has 9 heteroatoms. The molecule has 0 rings (SSSR count). The lowest BCUT2D eigenvalue weighted by Crippen LogP contribution is -2.29. The Morgan fingerprint density at radius 3 is 1.42 bits per heavy atom. The van der Waals surface area contributed by atoms with Crippen LogP contribution < -0.4 is 0 Å². The van der Waals surface area contributed by atoms with Crippen LogP contribution in [0.15, 0.2) is 12.2 Å². The van der Waals surface area contributed by atoms with Gasteiger partial charge in [-0.05, 0) is 32.1 Å². The minimum Gasteiger partial charge on any atom is -0.462 e. The van der Waals surface area contributed by atoms with Crippen LogP contribution in [0.25, 0.3) is 0 Å². The molecule has 1 atom stereocenters. The van der Waals surface area contributed by atoms with Crippen molar-refractivity contribution in [2.45, 2.75) is 193 Å². The predicted octanol–water partition coefficient (Wildman–Crippen LogP) is 10.7. The number of rotatable bonds is 34. The summed E-state index contributed by atoms with van der Waals surface area (Å²) in [7, 11) is -4.74. The molecule has 0 saturated carbocycles. The van der Waals surface area contributed by atoms with Crippen molar-refractivity contribution in [3.05, 3.63) is 12.2 Å². The lowest BCUT2D eigenvalue weighted by atomic mass is 10.0. The maximum atomic E-state index is 12.3. The number of hydrogen-bond acceptors (Lipinski definition) is 6. The smallest absolute Gasteiger partial charge is 0.462 e. The molecule has 0 unspecified atom stereocenters. The van der Waals surface area contributed by atoms with Crippen molar-refractivity contribution in [1.29, 1.82) is 0 Å². The molecule has 0 bridgehead atoms. The van der Waals surface area contributed by atoms with E-state index in [2.05, 4.69) is 30.5 Å². The van der Waals surface area contributed by atoms with Gasteiger partial charge >= 0.3 is 19.8 Å². The van der Waals surface area contributed by atoms with Gasteiger partial charge in [-0.2, -0.15) is 0 Å². The highest BCUT2D eigenvalue weighted by Gasteiger charge is 2.22. The monoisotopic (exact) mass is 660 g/mol. The quantitative estimate of drug-likeness (QED) is 0.0303. The van der Waals surface area contributed by atoms with Crippen molar-refractivity contribution < 1.29 is 37.9 Å². The average molecular weight is 661 g/mol. The van der Waals surface area contributed by atoms with Crippen LogP contribution in [0.3, 0.4) is 0 Å². The molecule has 0 spiro atoms. The molecule has 45 heavy (non-hydrogen) atoms. The zero-order valence-electron chi connectivity index (χ0n) is 29.0. The van der Waals surface area contributed by atoms with Crippen molar-refractivity contribution in [2.24, 2.45) is 0 Å². The zero-order valence-corrected chi connectivity index (χ0v) is 29.9. The van der Waals surface area contributed by atoms with E-state index in [0.717, 1.165) is 57.8 Å². The largest absolute Gasteiger partial charge is 0.469 e. The fourth-order valence-corrected chi connectivity index (χ4v) is 5.60. The maximum absolute atomic E-state index is 12.3. The van der Waals surface area contributed by atoms with Gasteiger partial charge in [-0.25, -0.2) is 4.57 Å². The number of carbonyl (C=O) groups excluding carboxylic acids is 2. The van der Waals surface area contributed by atoms with E-state index in [1.54, 1.807) is 0 Å². The zero-order chi connectivity index (χ0) is 33.3. The molecule has 0 aliphatic heterocycles. The number of allylic oxidation sites excluding steroid dienone is 2. The third kappa shape index (κ3) is 35.5. The Labute approximate surface area is 276 Å². The van der Waals surface area contributed by atoms with E-state index in [1.165, 1.54) is 89.9 Å². The van der Waals surface area contributed by atoms with Gasteiger partial charge in [0.2, 0.25) is 0 Å². The SMILES string of the molecule is CCCC/C=C/CCCCCCCC(=O)OC[C@H](COP(=O)(O)O)OC(=O)CCCCCCCCCCCCCCCCCC. The van der Waals surface area contributed by atoms with Crippen LogP contribution >= 0.6 is 7.82 Å². The van der Waals surface area contributed by atoms with Gasteiger partial charge in [0.1, 0.15) is 6.61 Å². The summed E-state index contributed by atoms with van der Waals surface area (Å²) in [5, 5.41) is 0. The van der Waals surface area contributed by atoms with Gasteiger partial charge < -0.3 is 19.3 Å². The van der Waals surface area contributed by atoms with Crippen LogP contribution in [0.4, 0.5) is 0 Å². The third-order valence-corrected chi connectivity index (χ3v) is 8.52. The molecule has 8 nitrogen and oxygen atoms in total. The molecule has 0 saturated heterocycles. The molecular weight excluding hydrogens is 591 g/mol. The van der Waals surface area contributed by atoms with Crippen LogP contribution in [-0.2, 0) is 28.2 Å². The highest BCUT2D eigenvalue weighted by atomic mass is 31.2. The van der Waals surface area contributed by atoms with Gasteiger partial charge in [-0.1, -0.05) is 154 Å². The lowest BCUT2D eigenvalue weighted by Gasteiger charge is -2.18. The molecule has 2 N–H and O–H groups in total. The van der Waals surface area contributed by atoms with Crippen molar-refractivity contribution in [3.8, 4) is 0 Å². The van der Waals surface area contributed by atoms with E-state index in [4.69, 9.17) is 19.3 Å². The van der Waals surface area contributed by atoms with Crippen molar-refractivity contribution in [2.75, 3.05) is 13.2 Å². The number of hydrogen-bond donors (Lipinski definition) is 2. The number of phosphoric ester groups is 1. The fourth-order valence-electron chi connectivity index (χ4n) is 5.24. The second-order valence-electron chi connectivity index (χ2n) is 12.6. The van der Waals surface area contributed by atoms with Gasteiger partial charge in [0, 0.05) is 12.8 Å². The van der Waals surface area contributed by atoms with Gasteiger partial charge in [0.25, 0.3) is 0 Å². The molecule has 266 valence electrons. The molecule has 0 fully saturated rings. The summed E-state index contributed by atoms with van der Waals surface area (Å²) in [6.45, 7) is 3.64. The molecule has 0 aromatic rings. The number of carbonyl (C=O) groups is 2. The number of unbranched alkanes of at least 4 members (excludes halogenated alkanes) is 22. The summed E-state index contributed by atoms with van der Waals surface area (Å²) in [4.78, 5) is 42.6. The van der Waals surface area contributed by atoms with Crippen LogP contribution in [0.2, 0.25) is 0 Å². The minimum absolute atomic E-state index is 0.216. The van der Waals surface area contributed by atoms with Gasteiger partial charge in [0.05, 0.1) is 6.61 Å². The minimum atomic E-state index is -4.74. The first kappa shape index (κ1) is 43.8. The van der Waals surface area contributed by atoms with E-state index < -0.39 is 32.5 Å². The predicted molar refractivity (Wildman–Crippen MR) is 184 cm³/mol. The van der Waals surface area contributed by atoms with Crippen molar-refractivity contribution >= 4 is 19.8 Å². The maximum Gasteiger partial charge on any atom is 0.469 e. The molecular formula is C36H69O8P. The first-order valence-corrected chi connectivity index (χ1v) is 20.0. The topological polar surface area (TPSA) is 119 Å². The lowest BCUT2D eigenvalue weighted by molar-refractivity contribution is -0.161. The standard InChI is InChI=1S/C36H69O8P/c1-3-5-7-9-11-13-15-16-17-18-19-21-23-25-27-29-31-36(38)44-34(33-43-45(39,40)41)32-42-35(37)30-28-26-24-22-20-14-12-10-8-6-4-2/h10,12,34H,3-9,11,13-33H2,1-2H3,(H2,39,40,41)/b12-10+/t34-/m1/s1. The Morgan fingerprint density at radius 2 is 0.956 bits per heavy atom. The van der Waals surface area contributed by atoms with E-state index in [0.29, 0.717) is 12.8 Å². The number of ether oxygens (including phenoxy) is 2. The van der Waals surface area contributed by atoms with E-state index in [-0.39, 0.29) is 19.4 Å². The van der Waals surface area contributed by atoms with Gasteiger partial charge in [-0.15, -0.1) is 0 Å². The second kappa shape index (κ2) is 32.7. The second-order valence-corrected chi connectivity index (χ2v) is 13.8. The van der Waals surface area contributed by atoms with Crippen LogP contribution in [-0.4, -0.2) is 41.0 Å². The summed E-state index contributed by atoms with van der Waals surface area (Å²) < 4.78 is 26.3. The highest BCUT2D eigenvalue weighted by Crippen LogP contribution is 2.36. The summed E-state index contributed by atoms with van der Waals surface area (Å²) in [6.07, 6.45) is 33.6. The fraction of sp³-hybridized carbons (Fsp3) is 0.889. The molecule has 0 aliphatic rings. The summed E-state index contributed by atoms with van der Waals surface area (Å²) in [5.41, 5.74) is 0. The summed E-state index contributed by atoms with van der Waals surface area (Å²) >= 11 is 0.